The number of carbonyl (C=O) groups is 2. The Hall–Kier alpha value is -1.56. The van der Waals surface area contributed by atoms with E-state index in [0.29, 0.717) is 19.6 Å². The highest BCUT2D eigenvalue weighted by atomic mass is 32.1. The minimum Gasteiger partial charge on any atom is -0.480 e. The summed E-state index contributed by atoms with van der Waals surface area (Å²) in [7, 11) is 0. The predicted octanol–water partition coefficient (Wildman–Crippen LogP) is 2.02. The van der Waals surface area contributed by atoms with E-state index in [4.69, 9.17) is 0 Å². The van der Waals surface area contributed by atoms with Crippen LogP contribution in [0, 0.1) is 5.92 Å². The quantitative estimate of drug-likeness (QED) is 0.862. The molecule has 2 amide bonds. The molecule has 2 unspecified atom stereocenters. The van der Waals surface area contributed by atoms with E-state index in [2.05, 4.69) is 11.4 Å². The molecule has 1 saturated heterocycles. The van der Waals surface area contributed by atoms with Crippen LogP contribution in [-0.4, -0.2) is 46.0 Å². The van der Waals surface area contributed by atoms with Crippen molar-refractivity contribution in [1.82, 2.24) is 9.80 Å². The van der Waals surface area contributed by atoms with Crippen LogP contribution >= 0.6 is 11.3 Å². The summed E-state index contributed by atoms with van der Waals surface area (Å²) in [6, 6.07) is 1.26. The maximum Gasteiger partial charge on any atom is 0.326 e. The van der Waals surface area contributed by atoms with Gasteiger partial charge in [0, 0.05) is 24.5 Å². The number of hydrogen-bond donors (Lipinski definition) is 1. The van der Waals surface area contributed by atoms with E-state index in [1.165, 1.54) is 15.3 Å². The number of fused-ring (bicyclic) bond motifs is 1. The van der Waals surface area contributed by atoms with E-state index in [9.17, 15) is 14.7 Å². The van der Waals surface area contributed by atoms with Crippen LogP contribution in [0.5, 0.6) is 0 Å². The van der Waals surface area contributed by atoms with Gasteiger partial charge >= 0.3 is 12.0 Å². The van der Waals surface area contributed by atoms with E-state index >= 15 is 0 Å². The molecule has 6 heteroatoms. The molecule has 1 aromatic heterocycles. The molecule has 2 aliphatic heterocycles. The molecule has 1 N–H and O–H groups in total. The summed E-state index contributed by atoms with van der Waals surface area (Å²) in [5.74, 6) is -0.866. The third-order valence-corrected chi connectivity index (χ3v) is 5.30. The molecule has 20 heavy (non-hydrogen) atoms. The Morgan fingerprint density at radius 3 is 2.95 bits per heavy atom. The lowest BCUT2D eigenvalue weighted by molar-refractivity contribution is -0.142. The summed E-state index contributed by atoms with van der Waals surface area (Å²) in [6.45, 7) is 3.74. The summed E-state index contributed by atoms with van der Waals surface area (Å²) in [5.41, 5.74) is 1.20. The van der Waals surface area contributed by atoms with Crippen molar-refractivity contribution in [2.24, 2.45) is 5.92 Å². The maximum atomic E-state index is 12.6. The third kappa shape index (κ3) is 2.18. The highest BCUT2D eigenvalue weighted by Crippen LogP contribution is 2.29. The molecule has 5 nitrogen and oxygen atoms in total. The Labute approximate surface area is 121 Å². The first-order chi connectivity index (χ1) is 9.58. The Balaban J connectivity index is 1.75. The number of aliphatic carboxylic acids is 1. The lowest BCUT2D eigenvalue weighted by Crippen LogP contribution is -2.50. The van der Waals surface area contributed by atoms with Crippen LogP contribution in [0.3, 0.4) is 0 Å². The van der Waals surface area contributed by atoms with Gasteiger partial charge in [0.2, 0.25) is 0 Å². The van der Waals surface area contributed by atoms with E-state index in [-0.39, 0.29) is 11.9 Å². The molecule has 3 rings (SSSR count). The molecule has 0 aliphatic carbocycles. The number of carboxylic acids is 1. The predicted molar refractivity (Wildman–Crippen MR) is 75.7 cm³/mol. The summed E-state index contributed by atoms with van der Waals surface area (Å²) in [4.78, 5) is 28.6. The molecule has 2 atom stereocenters. The number of urea groups is 1. The Morgan fingerprint density at radius 1 is 1.40 bits per heavy atom. The zero-order valence-electron chi connectivity index (χ0n) is 11.4. The van der Waals surface area contributed by atoms with Crippen molar-refractivity contribution >= 4 is 23.3 Å². The summed E-state index contributed by atoms with van der Waals surface area (Å²) in [6.07, 6.45) is 1.64. The van der Waals surface area contributed by atoms with E-state index in [1.54, 1.807) is 16.2 Å². The maximum absolute atomic E-state index is 12.6. The normalized spacial score (nSPS) is 25.6. The molecule has 0 radical (unpaired) electrons. The first kappa shape index (κ1) is 13.4. The molecular formula is C14H18N2O3S. The molecular weight excluding hydrogens is 276 g/mol. The van der Waals surface area contributed by atoms with Gasteiger partial charge in [-0.2, -0.15) is 0 Å². The van der Waals surface area contributed by atoms with E-state index in [1.807, 2.05) is 6.92 Å². The number of carbonyl (C=O) groups excluding carboxylic acids is 1. The van der Waals surface area contributed by atoms with Gasteiger partial charge in [-0.25, -0.2) is 9.59 Å². The van der Waals surface area contributed by atoms with Crippen molar-refractivity contribution in [3.8, 4) is 0 Å². The Kier molecular flexibility index (Phi) is 3.41. The van der Waals surface area contributed by atoms with Gasteiger partial charge in [0.05, 0.1) is 0 Å². The van der Waals surface area contributed by atoms with E-state index in [0.717, 1.165) is 12.8 Å². The Bertz CT molecular complexity index is 542. The van der Waals surface area contributed by atoms with Gasteiger partial charge in [0.1, 0.15) is 6.04 Å². The fraction of sp³-hybridized carbons (Fsp3) is 0.571. The molecule has 3 heterocycles. The van der Waals surface area contributed by atoms with Gasteiger partial charge in [0.15, 0.2) is 0 Å². The number of carboxylic acid groups (broad SMARTS) is 1. The SMILES string of the molecule is CC1CCN(C(=O)N2CCc3sccc3C2)C1C(=O)O. The number of hydrogen-bond acceptors (Lipinski definition) is 3. The highest BCUT2D eigenvalue weighted by Gasteiger charge is 2.41. The second-order valence-corrected chi connectivity index (χ2v) is 6.57. The van der Waals surface area contributed by atoms with Crippen molar-refractivity contribution in [3.63, 3.8) is 0 Å². The topological polar surface area (TPSA) is 60.9 Å². The standard InChI is InChI=1S/C14H18N2O3S/c1-9-2-6-16(12(9)13(17)18)14(19)15-5-3-11-10(8-15)4-7-20-11/h4,7,9,12H,2-3,5-6,8H2,1H3,(H,17,18). The van der Waals surface area contributed by atoms with Crippen LogP contribution in [-0.2, 0) is 17.8 Å². The molecule has 0 saturated carbocycles. The number of amides is 2. The van der Waals surface area contributed by atoms with E-state index < -0.39 is 12.0 Å². The molecule has 2 aliphatic rings. The number of thiophene rings is 1. The van der Waals surface area contributed by atoms with Crippen LogP contribution in [0.15, 0.2) is 11.4 Å². The average molecular weight is 294 g/mol. The fourth-order valence-electron chi connectivity index (χ4n) is 3.13. The minimum absolute atomic E-state index is 0.0259. The van der Waals surface area contributed by atoms with Crippen LogP contribution in [0.2, 0.25) is 0 Å². The van der Waals surface area contributed by atoms with Gasteiger partial charge in [-0.3, -0.25) is 0 Å². The van der Waals surface area contributed by atoms with Gasteiger partial charge < -0.3 is 14.9 Å². The highest BCUT2D eigenvalue weighted by molar-refractivity contribution is 7.10. The number of likely N-dealkylation sites (tertiary alicyclic amines) is 1. The summed E-state index contributed by atoms with van der Waals surface area (Å²) in [5, 5.41) is 11.4. The van der Waals surface area contributed by atoms with Crippen LogP contribution in [0.25, 0.3) is 0 Å². The number of nitrogens with zero attached hydrogens (tertiary/aromatic N) is 2. The minimum atomic E-state index is -0.892. The zero-order valence-corrected chi connectivity index (χ0v) is 12.2. The lowest BCUT2D eigenvalue weighted by Gasteiger charge is -2.33. The molecule has 1 fully saturated rings. The summed E-state index contributed by atoms with van der Waals surface area (Å²) < 4.78 is 0. The molecule has 1 aromatic rings. The Morgan fingerprint density at radius 2 is 2.20 bits per heavy atom. The largest absolute Gasteiger partial charge is 0.480 e. The van der Waals surface area contributed by atoms with Gasteiger partial charge in [-0.05, 0) is 35.8 Å². The van der Waals surface area contributed by atoms with Crippen molar-refractivity contribution in [3.05, 3.63) is 21.9 Å². The van der Waals surface area contributed by atoms with Crippen molar-refractivity contribution in [2.45, 2.75) is 32.4 Å². The monoisotopic (exact) mass is 294 g/mol. The fourth-order valence-corrected chi connectivity index (χ4v) is 4.02. The van der Waals surface area contributed by atoms with Gasteiger partial charge in [-0.15, -0.1) is 11.3 Å². The van der Waals surface area contributed by atoms with Crippen LogP contribution < -0.4 is 0 Å². The molecule has 0 bridgehead atoms. The number of rotatable bonds is 1. The summed E-state index contributed by atoms with van der Waals surface area (Å²) >= 11 is 1.73. The first-order valence-corrected chi connectivity index (χ1v) is 7.79. The van der Waals surface area contributed by atoms with Crippen LogP contribution in [0.4, 0.5) is 4.79 Å². The molecule has 0 spiro atoms. The zero-order chi connectivity index (χ0) is 14.3. The lowest BCUT2D eigenvalue weighted by atomic mass is 10.0. The first-order valence-electron chi connectivity index (χ1n) is 6.91. The van der Waals surface area contributed by atoms with Gasteiger partial charge in [-0.1, -0.05) is 6.92 Å². The molecule has 108 valence electrons. The average Bonchev–Trinajstić information content (AvgIpc) is 3.02. The van der Waals surface area contributed by atoms with Crippen molar-refractivity contribution in [1.29, 1.82) is 0 Å². The van der Waals surface area contributed by atoms with Crippen molar-refractivity contribution in [2.75, 3.05) is 13.1 Å². The second-order valence-electron chi connectivity index (χ2n) is 5.57. The van der Waals surface area contributed by atoms with Crippen molar-refractivity contribution < 1.29 is 14.7 Å². The second kappa shape index (κ2) is 5.09. The third-order valence-electron chi connectivity index (χ3n) is 4.28. The van der Waals surface area contributed by atoms with Crippen LogP contribution in [0.1, 0.15) is 23.8 Å². The van der Waals surface area contributed by atoms with Gasteiger partial charge in [0.25, 0.3) is 0 Å². The smallest absolute Gasteiger partial charge is 0.326 e. The molecule has 0 aromatic carbocycles.